The van der Waals surface area contributed by atoms with Gasteiger partial charge >= 0.3 is 0 Å². The number of hydrogen-bond acceptors (Lipinski definition) is 3. The molecule has 26 heavy (non-hydrogen) atoms. The summed E-state index contributed by atoms with van der Waals surface area (Å²) in [5.74, 6) is 0.207. The molecule has 0 saturated carbocycles. The van der Waals surface area contributed by atoms with E-state index in [-0.39, 0.29) is 11.8 Å². The summed E-state index contributed by atoms with van der Waals surface area (Å²) in [4.78, 5) is 24.8. The Hall–Kier alpha value is -2.82. The van der Waals surface area contributed by atoms with E-state index in [0.29, 0.717) is 23.5 Å². The Balaban J connectivity index is 2.11. The third-order valence-corrected chi connectivity index (χ3v) is 4.04. The molecule has 0 aliphatic heterocycles. The Bertz CT molecular complexity index is 766. The smallest absolute Gasteiger partial charge is 0.265 e. The van der Waals surface area contributed by atoms with Crippen molar-refractivity contribution in [2.24, 2.45) is 0 Å². The number of carbonyl (C=O) groups excluding carboxylic acids is 2. The molecule has 2 aromatic carbocycles. The summed E-state index contributed by atoms with van der Waals surface area (Å²) in [6, 6.07) is 12.8. The molecule has 0 saturated heterocycles. The highest BCUT2D eigenvalue weighted by molar-refractivity contribution is 6.04. The maximum absolute atomic E-state index is 12.6. The third kappa shape index (κ3) is 4.85. The average molecular weight is 354 g/mol. The number of ether oxygens (including phenoxy) is 1. The number of benzene rings is 2. The summed E-state index contributed by atoms with van der Waals surface area (Å²) >= 11 is 0. The van der Waals surface area contributed by atoms with Crippen molar-refractivity contribution < 1.29 is 14.3 Å². The van der Waals surface area contributed by atoms with Gasteiger partial charge in [0.15, 0.2) is 6.10 Å². The first-order chi connectivity index (χ1) is 12.4. The van der Waals surface area contributed by atoms with Crippen molar-refractivity contribution in [3.8, 4) is 5.75 Å². The van der Waals surface area contributed by atoms with Gasteiger partial charge in [-0.1, -0.05) is 37.3 Å². The molecule has 0 unspecified atom stereocenters. The first kappa shape index (κ1) is 19.5. The highest BCUT2D eigenvalue weighted by Crippen LogP contribution is 2.24. The summed E-state index contributed by atoms with van der Waals surface area (Å²) in [5, 5.41) is 5.63. The van der Waals surface area contributed by atoms with E-state index >= 15 is 0 Å². The summed E-state index contributed by atoms with van der Waals surface area (Å²) in [7, 11) is 0. The standard InChI is InChI=1S/C21H26N2O3/c1-5-13-22-21(25)17-11-6-7-12-18(17)23-20(24)16(4)26-19-14(2)9-8-10-15(19)3/h6-12,16H,5,13H2,1-4H3,(H,22,25)(H,23,24)/t16-/m0/s1. The number of para-hydroxylation sites is 2. The Morgan fingerprint density at radius 3 is 2.35 bits per heavy atom. The largest absolute Gasteiger partial charge is 0.480 e. The summed E-state index contributed by atoms with van der Waals surface area (Å²) < 4.78 is 5.86. The van der Waals surface area contributed by atoms with Crippen LogP contribution in [0.1, 0.15) is 41.8 Å². The van der Waals surface area contributed by atoms with E-state index in [1.165, 1.54) is 0 Å². The van der Waals surface area contributed by atoms with Crippen molar-refractivity contribution in [1.82, 2.24) is 5.32 Å². The van der Waals surface area contributed by atoms with E-state index in [1.54, 1.807) is 31.2 Å². The SMILES string of the molecule is CCCNC(=O)c1ccccc1NC(=O)[C@H](C)Oc1c(C)cccc1C. The molecule has 138 valence electrons. The number of rotatable bonds is 7. The molecule has 0 aromatic heterocycles. The molecule has 0 fully saturated rings. The van der Waals surface area contributed by atoms with Crippen LogP contribution < -0.4 is 15.4 Å². The molecule has 5 heteroatoms. The number of anilines is 1. The van der Waals surface area contributed by atoms with Crippen LogP contribution in [-0.4, -0.2) is 24.5 Å². The van der Waals surface area contributed by atoms with Crippen molar-refractivity contribution in [3.63, 3.8) is 0 Å². The van der Waals surface area contributed by atoms with Crippen LogP contribution in [0.5, 0.6) is 5.75 Å². The molecule has 2 rings (SSSR count). The second-order valence-electron chi connectivity index (χ2n) is 6.27. The van der Waals surface area contributed by atoms with Gasteiger partial charge in [0.05, 0.1) is 11.3 Å². The van der Waals surface area contributed by atoms with E-state index in [0.717, 1.165) is 17.5 Å². The monoisotopic (exact) mass is 354 g/mol. The zero-order valence-electron chi connectivity index (χ0n) is 15.8. The van der Waals surface area contributed by atoms with Gasteiger partial charge in [0, 0.05) is 6.54 Å². The van der Waals surface area contributed by atoms with E-state index in [9.17, 15) is 9.59 Å². The lowest BCUT2D eigenvalue weighted by Gasteiger charge is -2.19. The molecule has 1 atom stereocenters. The minimum absolute atomic E-state index is 0.203. The molecule has 0 spiro atoms. The summed E-state index contributed by atoms with van der Waals surface area (Å²) in [6.07, 6.45) is 0.155. The lowest BCUT2D eigenvalue weighted by Crippen LogP contribution is -2.32. The Morgan fingerprint density at radius 2 is 1.69 bits per heavy atom. The molecule has 2 N–H and O–H groups in total. The van der Waals surface area contributed by atoms with Crippen molar-refractivity contribution in [2.75, 3.05) is 11.9 Å². The molecule has 0 radical (unpaired) electrons. The van der Waals surface area contributed by atoms with E-state index < -0.39 is 6.10 Å². The highest BCUT2D eigenvalue weighted by atomic mass is 16.5. The van der Waals surface area contributed by atoms with Crippen molar-refractivity contribution >= 4 is 17.5 Å². The van der Waals surface area contributed by atoms with Gasteiger partial charge in [-0.3, -0.25) is 9.59 Å². The molecule has 2 aromatic rings. The van der Waals surface area contributed by atoms with Crippen LogP contribution in [0.15, 0.2) is 42.5 Å². The van der Waals surface area contributed by atoms with Gasteiger partial charge in [0.1, 0.15) is 5.75 Å². The molecule has 2 amide bonds. The third-order valence-electron chi connectivity index (χ3n) is 4.04. The van der Waals surface area contributed by atoms with E-state index in [4.69, 9.17) is 4.74 Å². The predicted octanol–water partition coefficient (Wildman–Crippen LogP) is 3.85. The lowest BCUT2D eigenvalue weighted by molar-refractivity contribution is -0.122. The Morgan fingerprint density at radius 1 is 1.04 bits per heavy atom. The van der Waals surface area contributed by atoms with Crippen LogP contribution in [0.3, 0.4) is 0 Å². The fourth-order valence-corrected chi connectivity index (χ4v) is 2.57. The van der Waals surface area contributed by atoms with Gasteiger partial charge in [0.2, 0.25) is 0 Å². The number of carbonyl (C=O) groups is 2. The topological polar surface area (TPSA) is 67.4 Å². The van der Waals surface area contributed by atoms with Crippen molar-refractivity contribution in [3.05, 3.63) is 59.2 Å². The zero-order chi connectivity index (χ0) is 19.1. The van der Waals surface area contributed by atoms with Gasteiger partial charge in [-0.25, -0.2) is 0 Å². The van der Waals surface area contributed by atoms with Crippen LogP contribution in [0, 0.1) is 13.8 Å². The second kappa shape index (κ2) is 9.04. The van der Waals surface area contributed by atoms with Gasteiger partial charge in [-0.15, -0.1) is 0 Å². The molecular formula is C21H26N2O3. The second-order valence-corrected chi connectivity index (χ2v) is 6.27. The molecular weight excluding hydrogens is 328 g/mol. The van der Waals surface area contributed by atoms with E-state index in [2.05, 4.69) is 10.6 Å². The van der Waals surface area contributed by atoms with Gasteiger partial charge in [0.25, 0.3) is 11.8 Å². The van der Waals surface area contributed by atoms with E-state index in [1.807, 2.05) is 39.0 Å². The molecule has 0 aliphatic rings. The van der Waals surface area contributed by atoms with Crippen LogP contribution in [0.2, 0.25) is 0 Å². The predicted molar refractivity (Wildman–Crippen MR) is 104 cm³/mol. The lowest BCUT2D eigenvalue weighted by atomic mass is 10.1. The summed E-state index contributed by atoms with van der Waals surface area (Å²) in [6.45, 7) is 8.16. The highest BCUT2D eigenvalue weighted by Gasteiger charge is 2.19. The summed E-state index contributed by atoms with van der Waals surface area (Å²) in [5.41, 5.74) is 2.87. The average Bonchev–Trinajstić information content (AvgIpc) is 2.63. The maximum atomic E-state index is 12.6. The number of hydrogen-bond donors (Lipinski definition) is 2. The van der Waals surface area contributed by atoms with Gasteiger partial charge < -0.3 is 15.4 Å². The molecule has 0 heterocycles. The molecule has 0 bridgehead atoms. The molecule has 0 aliphatic carbocycles. The minimum Gasteiger partial charge on any atom is -0.480 e. The first-order valence-corrected chi connectivity index (χ1v) is 8.85. The zero-order valence-corrected chi connectivity index (χ0v) is 15.8. The minimum atomic E-state index is -0.693. The van der Waals surface area contributed by atoms with Crippen molar-refractivity contribution in [1.29, 1.82) is 0 Å². The van der Waals surface area contributed by atoms with Crippen LogP contribution in [-0.2, 0) is 4.79 Å². The Labute approximate surface area is 154 Å². The number of amides is 2. The van der Waals surface area contributed by atoms with Crippen LogP contribution in [0.25, 0.3) is 0 Å². The van der Waals surface area contributed by atoms with Gasteiger partial charge in [-0.05, 0) is 50.5 Å². The normalized spacial score (nSPS) is 11.5. The quantitative estimate of drug-likeness (QED) is 0.794. The first-order valence-electron chi connectivity index (χ1n) is 8.85. The Kier molecular flexibility index (Phi) is 6.78. The fraction of sp³-hybridized carbons (Fsp3) is 0.333. The van der Waals surface area contributed by atoms with Crippen molar-refractivity contribution in [2.45, 2.75) is 40.2 Å². The number of nitrogens with one attached hydrogen (secondary N) is 2. The van der Waals surface area contributed by atoms with Crippen LogP contribution in [0.4, 0.5) is 5.69 Å². The fourth-order valence-electron chi connectivity index (χ4n) is 2.57. The van der Waals surface area contributed by atoms with Crippen LogP contribution >= 0.6 is 0 Å². The number of aryl methyl sites for hydroxylation is 2. The maximum Gasteiger partial charge on any atom is 0.265 e. The van der Waals surface area contributed by atoms with Gasteiger partial charge in [-0.2, -0.15) is 0 Å². The molecule has 5 nitrogen and oxygen atoms in total.